The minimum absolute atomic E-state index is 0.0183. The first-order valence-corrected chi connectivity index (χ1v) is 9.37. The highest BCUT2D eigenvalue weighted by Gasteiger charge is 2.32. The van der Waals surface area contributed by atoms with Gasteiger partial charge in [-0.15, -0.1) is 0 Å². The van der Waals surface area contributed by atoms with Gasteiger partial charge in [0.05, 0.1) is 12.7 Å². The SMILES string of the molecule is COc1cccc(C2Nc3ccccc3C(=O)N2CCCCCC(=O)NO)c1. The number of amides is 2. The second-order valence-corrected chi connectivity index (χ2v) is 6.71. The van der Waals surface area contributed by atoms with Crippen LogP contribution >= 0.6 is 0 Å². The summed E-state index contributed by atoms with van der Waals surface area (Å²) in [6.45, 7) is 0.558. The lowest BCUT2D eigenvalue weighted by Gasteiger charge is -2.38. The van der Waals surface area contributed by atoms with Gasteiger partial charge in [-0.3, -0.25) is 14.8 Å². The third-order valence-corrected chi connectivity index (χ3v) is 4.86. The van der Waals surface area contributed by atoms with Gasteiger partial charge in [-0.25, -0.2) is 5.48 Å². The standard InChI is InChI=1S/C21H25N3O4/c1-28-16-9-7-8-15(14-16)20-22-18-11-5-4-10-17(18)21(26)24(20)13-6-2-3-12-19(25)23-27/h4-5,7-11,14,20,22,27H,2-3,6,12-13H2,1H3,(H,23,25). The third-order valence-electron chi connectivity index (χ3n) is 4.86. The van der Waals surface area contributed by atoms with Gasteiger partial charge in [0.2, 0.25) is 5.91 Å². The molecule has 3 N–H and O–H groups in total. The molecule has 0 bridgehead atoms. The highest BCUT2D eigenvalue weighted by molar-refractivity contribution is 6.01. The second kappa shape index (κ2) is 9.23. The normalized spacial score (nSPS) is 15.6. The van der Waals surface area contributed by atoms with E-state index in [0.29, 0.717) is 18.5 Å². The van der Waals surface area contributed by atoms with Crippen LogP contribution in [0.2, 0.25) is 0 Å². The highest BCUT2D eigenvalue weighted by atomic mass is 16.5. The van der Waals surface area contributed by atoms with Crippen molar-refractivity contribution in [3.8, 4) is 5.75 Å². The first-order valence-electron chi connectivity index (χ1n) is 9.37. The molecule has 3 rings (SSSR count). The van der Waals surface area contributed by atoms with E-state index >= 15 is 0 Å². The molecule has 2 aromatic rings. The number of fused-ring (bicyclic) bond motifs is 1. The number of nitrogens with zero attached hydrogens (tertiary/aromatic N) is 1. The number of hydroxylamine groups is 1. The van der Waals surface area contributed by atoms with E-state index in [4.69, 9.17) is 9.94 Å². The lowest BCUT2D eigenvalue weighted by atomic mass is 10.0. The van der Waals surface area contributed by atoms with Gasteiger partial charge in [-0.05, 0) is 42.7 Å². The van der Waals surface area contributed by atoms with Crippen molar-refractivity contribution in [1.82, 2.24) is 10.4 Å². The predicted molar refractivity (Wildman–Crippen MR) is 105 cm³/mol. The molecule has 1 atom stereocenters. The minimum atomic E-state index is -0.390. The lowest BCUT2D eigenvalue weighted by molar-refractivity contribution is -0.129. The molecule has 1 heterocycles. The molecule has 1 aliphatic heterocycles. The summed E-state index contributed by atoms with van der Waals surface area (Å²) in [5.41, 5.74) is 4.05. The van der Waals surface area contributed by atoms with Crippen molar-refractivity contribution >= 4 is 17.5 Å². The minimum Gasteiger partial charge on any atom is -0.497 e. The maximum Gasteiger partial charge on any atom is 0.257 e. The van der Waals surface area contributed by atoms with E-state index in [-0.39, 0.29) is 24.4 Å². The molecule has 0 fully saturated rings. The van der Waals surface area contributed by atoms with E-state index in [1.807, 2.05) is 53.4 Å². The van der Waals surface area contributed by atoms with Gasteiger partial charge >= 0.3 is 0 Å². The Balaban J connectivity index is 1.77. The van der Waals surface area contributed by atoms with Crippen molar-refractivity contribution in [1.29, 1.82) is 0 Å². The zero-order valence-electron chi connectivity index (χ0n) is 15.9. The number of hydrogen-bond donors (Lipinski definition) is 3. The van der Waals surface area contributed by atoms with E-state index in [1.165, 1.54) is 0 Å². The molecular formula is C21H25N3O4. The number of anilines is 1. The van der Waals surface area contributed by atoms with E-state index in [1.54, 1.807) is 12.6 Å². The largest absolute Gasteiger partial charge is 0.497 e. The predicted octanol–water partition coefficient (Wildman–Crippen LogP) is 3.33. The third kappa shape index (κ3) is 4.43. The number of para-hydroxylation sites is 1. The summed E-state index contributed by atoms with van der Waals surface area (Å²) in [6, 6.07) is 15.2. The fraction of sp³-hybridized carbons (Fsp3) is 0.333. The maximum absolute atomic E-state index is 13.1. The molecule has 2 aromatic carbocycles. The van der Waals surface area contributed by atoms with E-state index in [0.717, 1.165) is 29.8 Å². The molecule has 1 unspecified atom stereocenters. The zero-order chi connectivity index (χ0) is 19.9. The molecule has 28 heavy (non-hydrogen) atoms. The first-order chi connectivity index (χ1) is 13.6. The van der Waals surface area contributed by atoms with Crippen molar-refractivity contribution in [2.24, 2.45) is 0 Å². The fourth-order valence-corrected chi connectivity index (χ4v) is 3.40. The van der Waals surface area contributed by atoms with Crippen LogP contribution in [0.3, 0.4) is 0 Å². The summed E-state index contributed by atoms with van der Waals surface area (Å²) in [5.74, 6) is 0.328. The highest BCUT2D eigenvalue weighted by Crippen LogP contribution is 2.34. The van der Waals surface area contributed by atoms with Crippen molar-refractivity contribution in [3.63, 3.8) is 0 Å². The number of nitrogens with one attached hydrogen (secondary N) is 2. The molecule has 0 aliphatic carbocycles. The topological polar surface area (TPSA) is 90.9 Å². The van der Waals surface area contributed by atoms with Gasteiger partial charge < -0.3 is 15.0 Å². The van der Waals surface area contributed by atoms with E-state index in [9.17, 15) is 9.59 Å². The Hall–Kier alpha value is -3.06. The number of hydrogen-bond acceptors (Lipinski definition) is 5. The van der Waals surface area contributed by atoms with E-state index in [2.05, 4.69) is 5.32 Å². The van der Waals surface area contributed by atoms with Crippen LogP contribution in [0.4, 0.5) is 5.69 Å². The monoisotopic (exact) mass is 383 g/mol. The fourth-order valence-electron chi connectivity index (χ4n) is 3.40. The summed E-state index contributed by atoms with van der Waals surface area (Å²) in [4.78, 5) is 26.1. The molecule has 148 valence electrons. The van der Waals surface area contributed by atoms with Crippen LogP contribution in [-0.2, 0) is 4.79 Å². The zero-order valence-corrected chi connectivity index (χ0v) is 15.9. The smallest absolute Gasteiger partial charge is 0.257 e. The summed E-state index contributed by atoms with van der Waals surface area (Å²) < 4.78 is 5.33. The molecular weight excluding hydrogens is 358 g/mol. The van der Waals surface area contributed by atoms with Crippen LogP contribution in [0.5, 0.6) is 5.75 Å². The van der Waals surface area contributed by atoms with Gasteiger partial charge in [-0.2, -0.15) is 0 Å². The van der Waals surface area contributed by atoms with E-state index < -0.39 is 0 Å². The van der Waals surface area contributed by atoms with Crippen molar-refractivity contribution in [2.45, 2.75) is 31.8 Å². The van der Waals surface area contributed by atoms with Crippen molar-refractivity contribution in [3.05, 3.63) is 59.7 Å². The molecule has 0 spiro atoms. The Labute approximate surface area is 164 Å². The number of unbranched alkanes of at least 4 members (excludes halogenated alkanes) is 2. The lowest BCUT2D eigenvalue weighted by Crippen LogP contribution is -2.43. The molecule has 0 saturated carbocycles. The number of benzene rings is 2. The Morgan fingerprint density at radius 2 is 2.00 bits per heavy atom. The molecule has 1 aliphatic rings. The van der Waals surface area contributed by atoms with Gasteiger partial charge in [0.15, 0.2) is 0 Å². The summed E-state index contributed by atoms with van der Waals surface area (Å²) in [5, 5.41) is 12.0. The van der Waals surface area contributed by atoms with Crippen molar-refractivity contribution in [2.75, 3.05) is 19.0 Å². The summed E-state index contributed by atoms with van der Waals surface area (Å²) in [7, 11) is 1.62. The Bertz CT molecular complexity index is 840. The van der Waals surface area contributed by atoms with Crippen LogP contribution in [0.1, 0.15) is 47.8 Å². The number of carbonyl (C=O) groups is 2. The number of methoxy groups -OCH3 is 1. The average Bonchev–Trinajstić information content (AvgIpc) is 2.74. The molecule has 0 aromatic heterocycles. The average molecular weight is 383 g/mol. The van der Waals surface area contributed by atoms with Crippen LogP contribution in [0, 0.1) is 0 Å². The van der Waals surface area contributed by atoms with Gasteiger partial charge in [0, 0.05) is 18.7 Å². The number of ether oxygens (including phenoxy) is 1. The molecule has 7 heteroatoms. The number of carbonyl (C=O) groups excluding carboxylic acids is 2. The molecule has 0 saturated heterocycles. The van der Waals surface area contributed by atoms with Gasteiger partial charge in [-0.1, -0.05) is 30.7 Å². The molecule has 7 nitrogen and oxygen atoms in total. The number of rotatable bonds is 8. The van der Waals surface area contributed by atoms with Gasteiger partial charge in [0.25, 0.3) is 5.91 Å². The van der Waals surface area contributed by atoms with Gasteiger partial charge in [0.1, 0.15) is 11.9 Å². The molecule has 2 amide bonds. The van der Waals surface area contributed by atoms with Crippen molar-refractivity contribution < 1.29 is 19.5 Å². The van der Waals surface area contributed by atoms with Crippen LogP contribution < -0.4 is 15.5 Å². The van der Waals surface area contributed by atoms with Crippen LogP contribution in [0.25, 0.3) is 0 Å². The van der Waals surface area contributed by atoms with Crippen LogP contribution in [-0.4, -0.2) is 35.6 Å². The maximum atomic E-state index is 13.1. The summed E-state index contributed by atoms with van der Waals surface area (Å²) in [6.07, 6.45) is 2.17. The second-order valence-electron chi connectivity index (χ2n) is 6.71. The van der Waals surface area contributed by atoms with Crippen LogP contribution in [0.15, 0.2) is 48.5 Å². The summed E-state index contributed by atoms with van der Waals surface area (Å²) >= 11 is 0. The first kappa shape index (κ1) is 19.7. The quantitative estimate of drug-likeness (QED) is 0.370. The Morgan fingerprint density at radius 3 is 2.79 bits per heavy atom. The Kier molecular flexibility index (Phi) is 6.49. The Morgan fingerprint density at radius 1 is 1.18 bits per heavy atom. The molecule has 0 radical (unpaired) electrons.